The van der Waals surface area contributed by atoms with Gasteiger partial charge >= 0.3 is 5.97 Å². The van der Waals surface area contributed by atoms with E-state index in [1.54, 1.807) is 12.1 Å². The van der Waals surface area contributed by atoms with Crippen molar-refractivity contribution in [1.82, 2.24) is 4.98 Å². The normalized spacial score (nSPS) is 10.1. The van der Waals surface area contributed by atoms with Crippen molar-refractivity contribution in [3.8, 4) is 0 Å². The van der Waals surface area contributed by atoms with Gasteiger partial charge in [-0.1, -0.05) is 17.7 Å². The lowest BCUT2D eigenvalue weighted by Crippen LogP contribution is -2.16. The Kier molecular flexibility index (Phi) is 4.36. The summed E-state index contributed by atoms with van der Waals surface area (Å²) in [5, 5.41) is 11.7. The molecule has 1 heterocycles. The van der Waals surface area contributed by atoms with E-state index in [-0.39, 0.29) is 21.8 Å². The lowest BCUT2D eigenvalue weighted by molar-refractivity contribution is 0.0698. The molecule has 2 rings (SSSR count). The first-order chi connectivity index (χ1) is 9.50. The maximum Gasteiger partial charge on any atom is 0.337 e. The molecular formula is C13H8BrClN2O3. The minimum atomic E-state index is -1.17. The van der Waals surface area contributed by atoms with Crippen LogP contribution in [0, 0.1) is 0 Å². The van der Waals surface area contributed by atoms with Gasteiger partial charge in [0.1, 0.15) is 4.60 Å². The molecule has 0 aliphatic rings. The highest BCUT2D eigenvalue weighted by atomic mass is 79.9. The van der Waals surface area contributed by atoms with Gasteiger partial charge in [-0.15, -0.1) is 0 Å². The molecule has 0 fully saturated rings. The minimum Gasteiger partial charge on any atom is -0.478 e. The lowest BCUT2D eigenvalue weighted by Gasteiger charge is -2.10. The van der Waals surface area contributed by atoms with Gasteiger partial charge < -0.3 is 10.4 Å². The molecule has 7 heteroatoms. The number of amides is 1. The average Bonchev–Trinajstić information content (AvgIpc) is 2.41. The Hall–Kier alpha value is -1.92. The van der Waals surface area contributed by atoms with Gasteiger partial charge in [-0.25, -0.2) is 9.78 Å². The number of aromatic carboxylic acids is 1. The third kappa shape index (κ3) is 2.97. The topological polar surface area (TPSA) is 79.3 Å². The molecule has 0 aliphatic heterocycles. The molecule has 102 valence electrons. The largest absolute Gasteiger partial charge is 0.478 e. The van der Waals surface area contributed by atoms with Crippen LogP contribution in [0.1, 0.15) is 20.7 Å². The number of nitrogens with zero attached hydrogens (tertiary/aromatic N) is 1. The first-order valence-electron chi connectivity index (χ1n) is 5.44. The smallest absolute Gasteiger partial charge is 0.337 e. The Bertz CT molecular complexity index is 691. The van der Waals surface area contributed by atoms with Gasteiger partial charge in [-0.2, -0.15) is 0 Å². The van der Waals surface area contributed by atoms with Crippen LogP contribution in [0.4, 0.5) is 5.69 Å². The second kappa shape index (κ2) is 6.02. The molecule has 0 saturated carbocycles. The number of anilines is 1. The number of carbonyl (C=O) groups excluding carboxylic acids is 1. The summed E-state index contributed by atoms with van der Waals surface area (Å²) in [7, 11) is 0. The number of aromatic nitrogens is 1. The number of pyridine rings is 1. The lowest BCUT2D eigenvalue weighted by atomic mass is 10.1. The van der Waals surface area contributed by atoms with E-state index in [0.29, 0.717) is 4.60 Å². The van der Waals surface area contributed by atoms with Gasteiger partial charge in [-0.3, -0.25) is 4.79 Å². The standard InChI is InChI=1S/C13H8BrClN2O3/c14-11-8(4-2-6-16-11)12(18)17-10-7(13(19)20)3-1-5-9(10)15/h1-6H,(H,17,18)(H,19,20). The molecule has 2 aromatic rings. The van der Waals surface area contributed by atoms with E-state index in [1.165, 1.54) is 24.4 Å². The van der Waals surface area contributed by atoms with E-state index in [1.807, 2.05) is 0 Å². The van der Waals surface area contributed by atoms with Crippen molar-refractivity contribution in [1.29, 1.82) is 0 Å². The summed E-state index contributed by atoms with van der Waals surface area (Å²) in [6.45, 7) is 0. The van der Waals surface area contributed by atoms with Crippen LogP contribution in [-0.2, 0) is 0 Å². The van der Waals surface area contributed by atoms with Gasteiger partial charge in [0.2, 0.25) is 0 Å². The average molecular weight is 356 g/mol. The van der Waals surface area contributed by atoms with Crippen LogP contribution in [0.5, 0.6) is 0 Å². The van der Waals surface area contributed by atoms with E-state index in [0.717, 1.165) is 0 Å². The number of carbonyl (C=O) groups is 2. The molecule has 20 heavy (non-hydrogen) atoms. The fourth-order valence-corrected chi connectivity index (χ4v) is 2.22. The second-order valence-electron chi connectivity index (χ2n) is 3.76. The Morgan fingerprint density at radius 1 is 1.20 bits per heavy atom. The van der Waals surface area contributed by atoms with Crippen LogP contribution < -0.4 is 5.32 Å². The van der Waals surface area contributed by atoms with Crippen molar-refractivity contribution < 1.29 is 14.7 Å². The second-order valence-corrected chi connectivity index (χ2v) is 4.92. The highest BCUT2D eigenvalue weighted by Crippen LogP contribution is 2.27. The predicted octanol–water partition coefficient (Wildman–Crippen LogP) is 3.45. The van der Waals surface area contributed by atoms with Gasteiger partial charge in [0, 0.05) is 6.20 Å². The summed E-state index contributed by atoms with van der Waals surface area (Å²) >= 11 is 9.09. The number of benzene rings is 1. The quantitative estimate of drug-likeness (QED) is 0.827. The summed E-state index contributed by atoms with van der Waals surface area (Å²) in [5.41, 5.74) is 0.261. The van der Waals surface area contributed by atoms with Crippen LogP contribution in [0.2, 0.25) is 5.02 Å². The van der Waals surface area contributed by atoms with E-state index >= 15 is 0 Å². The number of hydrogen-bond donors (Lipinski definition) is 2. The van der Waals surface area contributed by atoms with Gasteiger partial charge in [0.25, 0.3) is 5.91 Å². The van der Waals surface area contributed by atoms with Gasteiger partial charge in [-0.05, 0) is 40.2 Å². The maximum atomic E-state index is 12.1. The molecule has 0 radical (unpaired) electrons. The molecule has 0 atom stereocenters. The Labute approximate surface area is 127 Å². The SMILES string of the molecule is O=C(Nc1c(Cl)cccc1C(=O)O)c1cccnc1Br. The summed E-state index contributed by atoms with van der Waals surface area (Å²) < 4.78 is 0.362. The first-order valence-corrected chi connectivity index (χ1v) is 6.61. The Morgan fingerprint density at radius 3 is 2.55 bits per heavy atom. The molecule has 2 N–H and O–H groups in total. The number of hydrogen-bond acceptors (Lipinski definition) is 3. The summed E-state index contributed by atoms with van der Waals surface area (Å²) in [5.74, 6) is -1.67. The summed E-state index contributed by atoms with van der Waals surface area (Å²) in [6.07, 6.45) is 1.53. The highest BCUT2D eigenvalue weighted by Gasteiger charge is 2.17. The molecule has 0 saturated heterocycles. The monoisotopic (exact) mass is 354 g/mol. The molecule has 1 amide bonds. The van der Waals surface area contributed by atoms with Crippen LogP contribution >= 0.6 is 27.5 Å². The fourth-order valence-electron chi connectivity index (χ4n) is 1.57. The van der Waals surface area contributed by atoms with Crippen LogP contribution in [0.3, 0.4) is 0 Å². The Balaban J connectivity index is 2.38. The third-order valence-electron chi connectivity index (χ3n) is 2.49. The molecule has 0 unspecified atom stereocenters. The van der Waals surface area contributed by atoms with Crippen LogP contribution in [0.25, 0.3) is 0 Å². The predicted molar refractivity (Wildman–Crippen MR) is 78.3 cm³/mol. The Morgan fingerprint density at radius 2 is 1.90 bits per heavy atom. The molecular weight excluding hydrogens is 348 g/mol. The van der Waals surface area contributed by atoms with Crippen LogP contribution in [-0.4, -0.2) is 22.0 Å². The first kappa shape index (κ1) is 14.5. The highest BCUT2D eigenvalue weighted by molar-refractivity contribution is 9.10. The van der Waals surface area contributed by atoms with Crippen molar-refractivity contribution in [2.45, 2.75) is 0 Å². The molecule has 0 bridgehead atoms. The third-order valence-corrected chi connectivity index (χ3v) is 3.43. The van der Waals surface area contributed by atoms with Crippen molar-refractivity contribution in [2.75, 3.05) is 5.32 Å². The number of para-hydroxylation sites is 1. The van der Waals surface area contributed by atoms with Crippen molar-refractivity contribution in [3.63, 3.8) is 0 Å². The maximum absolute atomic E-state index is 12.1. The van der Waals surface area contributed by atoms with E-state index < -0.39 is 11.9 Å². The molecule has 5 nitrogen and oxygen atoms in total. The summed E-state index contributed by atoms with van der Waals surface area (Å²) in [4.78, 5) is 27.2. The summed E-state index contributed by atoms with van der Waals surface area (Å²) in [6, 6.07) is 7.53. The molecule has 0 aliphatic carbocycles. The van der Waals surface area contributed by atoms with Crippen molar-refractivity contribution in [3.05, 3.63) is 57.3 Å². The van der Waals surface area contributed by atoms with Gasteiger partial charge in [0.05, 0.1) is 21.8 Å². The molecule has 0 spiro atoms. The van der Waals surface area contributed by atoms with E-state index in [4.69, 9.17) is 16.7 Å². The van der Waals surface area contributed by atoms with Crippen molar-refractivity contribution >= 4 is 45.1 Å². The number of carboxylic acid groups (broad SMARTS) is 1. The van der Waals surface area contributed by atoms with E-state index in [9.17, 15) is 9.59 Å². The van der Waals surface area contributed by atoms with E-state index in [2.05, 4.69) is 26.2 Å². The number of halogens is 2. The molecule has 1 aromatic heterocycles. The zero-order valence-electron chi connectivity index (χ0n) is 9.93. The minimum absolute atomic E-state index is 0.0578. The molecule has 1 aromatic carbocycles. The number of nitrogens with one attached hydrogen (secondary N) is 1. The fraction of sp³-hybridized carbons (Fsp3) is 0. The zero-order valence-corrected chi connectivity index (χ0v) is 12.3. The van der Waals surface area contributed by atoms with Gasteiger partial charge in [0.15, 0.2) is 0 Å². The number of rotatable bonds is 3. The van der Waals surface area contributed by atoms with Crippen LogP contribution in [0.15, 0.2) is 41.1 Å². The van der Waals surface area contributed by atoms with Crippen molar-refractivity contribution in [2.24, 2.45) is 0 Å². The number of carboxylic acids is 1. The zero-order chi connectivity index (χ0) is 14.7.